The van der Waals surface area contributed by atoms with Crippen LogP contribution >= 0.6 is 0 Å². The molecule has 4 nitrogen and oxygen atoms in total. The fourth-order valence-electron chi connectivity index (χ4n) is 2.50. The largest absolute Gasteiger partial charge is 0.457 e. The van der Waals surface area contributed by atoms with Crippen molar-refractivity contribution in [3.05, 3.63) is 59.7 Å². The Kier molecular flexibility index (Phi) is 3.47. The van der Waals surface area contributed by atoms with Crippen LogP contribution in [-0.2, 0) is 14.3 Å². The maximum absolute atomic E-state index is 12.6. The van der Waals surface area contributed by atoms with E-state index >= 15 is 0 Å². The quantitative estimate of drug-likeness (QED) is 0.812. The van der Waals surface area contributed by atoms with Gasteiger partial charge in [0.15, 0.2) is 0 Å². The molecule has 21 heavy (non-hydrogen) atoms. The van der Waals surface area contributed by atoms with Gasteiger partial charge in [-0.3, -0.25) is 4.18 Å². The number of hydrogen-bond acceptors (Lipinski definition) is 4. The van der Waals surface area contributed by atoms with Gasteiger partial charge in [0.2, 0.25) is 0 Å². The lowest BCUT2D eigenvalue weighted by Crippen LogP contribution is -2.23. The van der Waals surface area contributed by atoms with E-state index in [2.05, 4.69) is 0 Å². The van der Waals surface area contributed by atoms with Gasteiger partial charge in [0.25, 0.3) is 10.1 Å². The molecule has 0 N–H and O–H groups in total. The Hall–Kier alpha value is -1.85. The molecule has 0 fully saturated rings. The van der Waals surface area contributed by atoms with Crippen LogP contribution in [0.2, 0.25) is 0 Å². The zero-order valence-electron chi connectivity index (χ0n) is 11.8. The van der Waals surface area contributed by atoms with E-state index in [1.165, 1.54) is 0 Å². The highest BCUT2D eigenvalue weighted by Gasteiger charge is 2.38. The lowest BCUT2D eigenvalue weighted by molar-refractivity contribution is 0.245. The van der Waals surface area contributed by atoms with Gasteiger partial charge in [-0.25, -0.2) is 0 Å². The van der Waals surface area contributed by atoms with Gasteiger partial charge in [0.1, 0.15) is 16.7 Å². The number of fused-ring (bicyclic) bond motifs is 2. The van der Waals surface area contributed by atoms with Crippen LogP contribution in [0.15, 0.2) is 48.5 Å². The van der Waals surface area contributed by atoms with Crippen molar-refractivity contribution < 1.29 is 17.3 Å². The second-order valence-corrected chi connectivity index (χ2v) is 6.84. The van der Waals surface area contributed by atoms with Crippen LogP contribution in [0.5, 0.6) is 11.5 Å². The highest BCUT2D eigenvalue weighted by atomic mass is 32.2. The highest BCUT2D eigenvalue weighted by molar-refractivity contribution is 7.87. The predicted molar refractivity (Wildman–Crippen MR) is 79.9 cm³/mol. The molecule has 0 unspecified atom stereocenters. The summed E-state index contributed by atoms with van der Waals surface area (Å²) < 4.78 is 36.3. The number of para-hydroxylation sites is 2. The topological polar surface area (TPSA) is 52.6 Å². The summed E-state index contributed by atoms with van der Waals surface area (Å²) in [7, 11) is -3.79. The summed E-state index contributed by atoms with van der Waals surface area (Å²) in [5, 5.41) is -0.860. The average Bonchev–Trinajstić information content (AvgIpc) is 2.43. The smallest absolute Gasteiger partial charge is 0.279 e. The van der Waals surface area contributed by atoms with Crippen LogP contribution in [0.25, 0.3) is 0 Å². The fourth-order valence-corrected chi connectivity index (χ4v) is 4.16. The van der Waals surface area contributed by atoms with E-state index in [0.717, 1.165) is 0 Å². The summed E-state index contributed by atoms with van der Waals surface area (Å²) in [5.74, 6) is 1.11. The van der Waals surface area contributed by atoms with Gasteiger partial charge >= 0.3 is 0 Å². The van der Waals surface area contributed by atoms with Gasteiger partial charge in [-0.2, -0.15) is 8.42 Å². The molecule has 0 bridgehead atoms. The summed E-state index contributed by atoms with van der Waals surface area (Å²) in [4.78, 5) is 0. The van der Waals surface area contributed by atoms with E-state index in [1.807, 2.05) is 12.1 Å². The number of benzene rings is 2. The molecular weight excluding hydrogens is 288 g/mol. The molecule has 0 amide bonds. The Balaban J connectivity index is 2.20. The monoisotopic (exact) mass is 304 g/mol. The third-order valence-electron chi connectivity index (χ3n) is 3.24. The number of rotatable bonds is 3. The van der Waals surface area contributed by atoms with Crippen LogP contribution in [0.4, 0.5) is 0 Å². The van der Waals surface area contributed by atoms with Gasteiger partial charge in [-0.1, -0.05) is 36.4 Å². The summed E-state index contributed by atoms with van der Waals surface area (Å²) in [6, 6.07) is 14.3. The molecule has 0 aliphatic carbocycles. The molecule has 1 aliphatic heterocycles. The van der Waals surface area contributed by atoms with Gasteiger partial charge in [0, 0.05) is 11.1 Å². The maximum Gasteiger partial charge on any atom is 0.279 e. The van der Waals surface area contributed by atoms with Crippen LogP contribution in [0.1, 0.15) is 30.2 Å². The number of hydrogen-bond donors (Lipinski definition) is 0. The Labute approximate surface area is 124 Å². The second kappa shape index (κ2) is 5.16. The van der Waals surface area contributed by atoms with Crippen molar-refractivity contribution in [1.29, 1.82) is 0 Å². The van der Waals surface area contributed by atoms with Crippen molar-refractivity contribution in [2.75, 3.05) is 0 Å². The van der Waals surface area contributed by atoms with Crippen LogP contribution < -0.4 is 4.74 Å². The maximum atomic E-state index is 12.6. The molecule has 1 aliphatic rings. The minimum atomic E-state index is -3.79. The molecule has 0 aromatic heterocycles. The van der Waals surface area contributed by atoms with E-state index in [0.29, 0.717) is 22.6 Å². The van der Waals surface area contributed by atoms with E-state index in [-0.39, 0.29) is 0 Å². The van der Waals surface area contributed by atoms with Gasteiger partial charge < -0.3 is 4.74 Å². The minimum Gasteiger partial charge on any atom is -0.457 e. The molecular formula is C16H16O4S. The summed E-state index contributed by atoms with van der Waals surface area (Å²) in [6.45, 7) is 3.41. The van der Waals surface area contributed by atoms with Crippen LogP contribution in [0, 0.1) is 0 Å². The van der Waals surface area contributed by atoms with Crippen molar-refractivity contribution in [3.63, 3.8) is 0 Å². The standard InChI is InChI=1S/C16H16O4S/c1-11(2)20-21(17,18)16-12-7-3-5-9-14(12)19-15-10-6-4-8-13(15)16/h3-11,16H,1-2H3. The fraction of sp³-hybridized carbons (Fsp3) is 0.250. The van der Waals surface area contributed by atoms with E-state index in [1.54, 1.807) is 50.2 Å². The van der Waals surface area contributed by atoms with Gasteiger partial charge in [0.05, 0.1) is 6.10 Å². The molecule has 0 radical (unpaired) electrons. The Morgan fingerprint density at radius 3 is 1.90 bits per heavy atom. The third kappa shape index (κ3) is 2.54. The van der Waals surface area contributed by atoms with Gasteiger partial charge in [-0.15, -0.1) is 0 Å². The van der Waals surface area contributed by atoms with E-state index < -0.39 is 21.5 Å². The molecule has 110 valence electrons. The molecule has 2 aromatic rings. The lowest BCUT2D eigenvalue weighted by Gasteiger charge is -2.28. The molecule has 5 heteroatoms. The molecule has 0 atom stereocenters. The zero-order chi connectivity index (χ0) is 15.0. The van der Waals surface area contributed by atoms with Crippen LogP contribution in [0.3, 0.4) is 0 Å². The highest BCUT2D eigenvalue weighted by Crippen LogP contribution is 2.46. The van der Waals surface area contributed by atoms with Crippen molar-refractivity contribution in [2.45, 2.75) is 25.2 Å². The first-order valence-corrected chi connectivity index (χ1v) is 8.24. The molecule has 0 spiro atoms. The number of ether oxygens (including phenoxy) is 1. The molecule has 3 rings (SSSR count). The summed E-state index contributed by atoms with van der Waals surface area (Å²) in [6.07, 6.45) is -0.405. The molecule has 0 saturated carbocycles. The first-order valence-electron chi connectivity index (χ1n) is 6.77. The molecule has 0 saturated heterocycles. The third-order valence-corrected chi connectivity index (χ3v) is 4.98. The lowest BCUT2D eigenvalue weighted by atomic mass is 10.00. The average molecular weight is 304 g/mol. The predicted octanol–water partition coefficient (Wildman–Crippen LogP) is 3.64. The van der Waals surface area contributed by atoms with Crippen LogP contribution in [-0.4, -0.2) is 14.5 Å². The van der Waals surface area contributed by atoms with E-state index in [9.17, 15) is 8.42 Å². The second-order valence-electron chi connectivity index (χ2n) is 5.20. The minimum absolute atomic E-state index is 0.405. The van der Waals surface area contributed by atoms with Crippen molar-refractivity contribution in [2.24, 2.45) is 0 Å². The van der Waals surface area contributed by atoms with Gasteiger partial charge in [-0.05, 0) is 26.0 Å². The van der Waals surface area contributed by atoms with Crippen molar-refractivity contribution in [1.82, 2.24) is 0 Å². The van der Waals surface area contributed by atoms with E-state index in [4.69, 9.17) is 8.92 Å². The Morgan fingerprint density at radius 1 is 0.952 bits per heavy atom. The zero-order valence-corrected chi connectivity index (χ0v) is 12.6. The van der Waals surface area contributed by atoms with Crippen molar-refractivity contribution in [3.8, 4) is 11.5 Å². The Morgan fingerprint density at radius 2 is 1.43 bits per heavy atom. The normalized spacial score (nSPS) is 14.4. The summed E-state index contributed by atoms with van der Waals surface area (Å²) in [5.41, 5.74) is 1.22. The first kappa shape index (κ1) is 14.1. The summed E-state index contributed by atoms with van der Waals surface area (Å²) >= 11 is 0. The van der Waals surface area contributed by atoms with Crippen molar-refractivity contribution >= 4 is 10.1 Å². The molecule has 1 heterocycles. The SMILES string of the molecule is CC(C)OS(=O)(=O)C1c2ccccc2Oc2ccccc21. The Bertz CT molecular complexity index is 720. The molecule has 2 aromatic carbocycles. The first-order chi connectivity index (χ1) is 9.99.